The summed E-state index contributed by atoms with van der Waals surface area (Å²) in [5, 5.41) is 10.8. The molecule has 0 saturated carbocycles. The van der Waals surface area contributed by atoms with E-state index in [4.69, 9.17) is 0 Å². The number of hydrogen-bond donors (Lipinski definition) is 1. The Hall–Kier alpha value is -1.72. The minimum Gasteiger partial charge on any atom is -0.392 e. The fourth-order valence-corrected chi connectivity index (χ4v) is 4.51. The lowest BCUT2D eigenvalue weighted by Crippen LogP contribution is -2.59. The molecule has 2 aliphatic rings. The molecule has 1 aromatic carbocycles. The average molecular weight is 375 g/mol. The van der Waals surface area contributed by atoms with Crippen LogP contribution in [0.2, 0.25) is 0 Å². The number of benzene rings is 1. The Morgan fingerprint density at radius 3 is 2.81 bits per heavy atom. The van der Waals surface area contributed by atoms with E-state index in [1.54, 1.807) is 23.1 Å². The van der Waals surface area contributed by atoms with Crippen molar-refractivity contribution in [1.29, 1.82) is 0 Å². The number of nitrogens with zero attached hydrogens (tertiary/aromatic N) is 2. The van der Waals surface area contributed by atoms with Gasteiger partial charge in [0, 0.05) is 38.1 Å². The first-order chi connectivity index (χ1) is 12.9. The average Bonchev–Trinajstić information content (AvgIpc) is 2.64. The van der Waals surface area contributed by atoms with Crippen molar-refractivity contribution in [2.75, 3.05) is 32.7 Å². The molecule has 1 spiro atoms. The van der Waals surface area contributed by atoms with Crippen molar-refractivity contribution in [3.05, 3.63) is 47.3 Å². The third kappa shape index (κ3) is 4.58. The van der Waals surface area contributed by atoms with Crippen LogP contribution in [0.3, 0.4) is 0 Å². The van der Waals surface area contributed by atoms with Crippen LogP contribution in [0.15, 0.2) is 35.9 Å². The quantitative estimate of drug-likeness (QED) is 0.821. The zero-order chi connectivity index (χ0) is 19.4. The SMILES string of the molecule is CC(C)=CCCN1CC[C@@H](O)[C@]2(CCCN(C(=O)c3ccccc3F)C2)C1. The van der Waals surface area contributed by atoms with E-state index < -0.39 is 11.9 Å². The van der Waals surface area contributed by atoms with Crippen LogP contribution in [0.1, 0.15) is 49.9 Å². The second kappa shape index (κ2) is 8.53. The first-order valence-corrected chi connectivity index (χ1v) is 9.99. The van der Waals surface area contributed by atoms with E-state index in [0.717, 1.165) is 45.3 Å². The van der Waals surface area contributed by atoms with Crippen molar-refractivity contribution < 1.29 is 14.3 Å². The summed E-state index contributed by atoms with van der Waals surface area (Å²) in [5.74, 6) is -0.740. The fraction of sp³-hybridized carbons (Fsp3) is 0.591. The molecular weight excluding hydrogens is 343 g/mol. The largest absolute Gasteiger partial charge is 0.392 e. The van der Waals surface area contributed by atoms with Gasteiger partial charge in [-0.2, -0.15) is 0 Å². The highest BCUT2D eigenvalue weighted by atomic mass is 19.1. The monoisotopic (exact) mass is 374 g/mol. The van der Waals surface area contributed by atoms with E-state index in [9.17, 15) is 14.3 Å². The molecule has 4 nitrogen and oxygen atoms in total. The van der Waals surface area contributed by atoms with Crippen LogP contribution in [-0.2, 0) is 0 Å². The molecule has 2 heterocycles. The second-order valence-electron chi connectivity index (χ2n) is 8.32. The maximum Gasteiger partial charge on any atom is 0.256 e. The summed E-state index contributed by atoms with van der Waals surface area (Å²) in [6.45, 7) is 8.00. The van der Waals surface area contributed by atoms with Crippen molar-refractivity contribution in [1.82, 2.24) is 9.80 Å². The third-order valence-electron chi connectivity index (χ3n) is 5.96. The van der Waals surface area contributed by atoms with Gasteiger partial charge in [0.15, 0.2) is 0 Å². The summed E-state index contributed by atoms with van der Waals surface area (Å²) in [5.41, 5.74) is 1.14. The van der Waals surface area contributed by atoms with Gasteiger partial charge in [0.1, 0.15) is 5.82 Å². The van der Waals surface area contributed by atoms with Crippen LogP contribution in [0.4, 0.5) is 4.39 Å². The number of rotatable bonds is 4. The van der Waals surface area contributed by atoms with E-state index in [-0.39, 0.29) is 16.9 Å². The molecule has 148 valence electrons. The predicted molar refractivity (Wildman–Crippen MR) is 105 cm³/mol. The second-order valence-corrected chi connectivity index (χ2v) is 8.32. The van der Waals surface area contributed by atoms with Gasteiger partial charge in [0.05, 0.1) is 11.7 Å². The summed E-state index contributed by atoms with van der Waals surface area (Å²) in [6, 6.07) is 6.16. The van der Waals surface area contributed by atoms with Gasteiger partial charge in [-0.25, -0.2) is 4.39 Å². The van der Waals surface area contributed by atoms with E-state index >= 15 is 0 Å². The minimum atomic E-state index is -0.477. The van der Waals surface area contributed by atoms with E-state index in [1.165, 1.54) is 11.6 Å². The minimum absolute atomic E-state index is 0.125. The van der Waals surface area contributed by atoms with Gasteiger partial charge in [-0.05, 0) is 51.7 Å². The number of hydrogen-bond acceptors (Lipinski definition) is 3. The molecule has 5 heteroatoms. The molecule has 0 aromatic heterocycles. The standard InChI is InChI=1S/C22H31FN2O2/c1-17(2)7-5-12-24-14-10-20(26)22(15-24)11-6-13-25(16-22)21(27)18-8-3-4-9-19(18)23/h3-4,7-9,20,26H,5-6,10-16H2,1-2H3/t20-,22-/m1/s1. The molecule has 0 unspecified atom stereocenters. The summed E-state index contributed by atoms with van der Waals surface area (Å²) in [4.78, 5) is 17.0. The number of carbonyl (C=O) groups excluding carboxylic acids is 1. The molecule has 2 aliphatic heterocycles. The van der Waals surface area contributed by atoms with Gasteiger partial charge in [0.25, 0.3) is 5.91 Å². The van der Waals surface area contributed by atoms with Crippen molar-refractivity contribution in [3.63, 3.8) is 0 Å². The number of aliphatic hydroxyl groups is 1. The number of piperidine rings is 2. The third-order valence-corrected chi connectivity index (χ3v) is 5.96. The topological polar surface area (TPSA) is 43.8 Å². The molecule has 0 bridgehead atoms. The predicted octanol–water partition coefficient (Wildman–Crippen LogP) is 3.47. The molecule has 1 N–H and O–H groups in total. The summed E-state index contributed by atoms with van der Waals surface area (Å²) >= 11 is 0. The molecule has 2 atom stereocenters. The van der Waals surface area contributed by atoms with Gasteiger partial charge >= 0.3 is 0 Å². The van der Waals surface area contributed by atoms with Crippen LogP contribution < -0.4 is 0 Å². The van der Waals surface area contributed by atoms with Gasteiger partial charge < -0.3 is 14.9 Å². The van der Waals surface area contributed by atoms with Crippen LogP contribution in [0.25, 0.3) is 0 Å². The highest BCUT2D eigenvalue weighted by Gasteiger charge is 2.46. The Morgan fingerprint density at radius 1 is 1.30 bits per heavy atom. The molecule has 27 heavy (non-hydrogen) atoms. The zero-order valence-electron chi connectivity index (χ0n) is 16.5. The normalized spacial score (nSPS) is 26.2. The van der Waals surface area contributed by atoms with Crippen LogP contribution in [0, 0.1) is 11.2 Å². The van der Waals surface area contributed by atoms with Crippen molar-refractivity contribution in [3.8, 4) is 0 Å². The molecule has 2 saturated heterocycles. The first-order valence-electron chi connectivity index (χ1n) is 9.99. The Labute approximate surface area is 161 Å². The Morgan fingerprint density at radius 2 is 2.07 bits per heavy atom. The Kier molecular flexibility index (Phi) is 6.33. The molecule has 0 aliphatic carbocycles. The van der Waals surface area contributed by atoms with Gasteiger partial charge in [-0.1, -0.05) is 23.8 Å². The number of likely N-dealkylation sites (tertiary alicyclic amines) is 2. The van der Waals surface area contributed by atoms with Crippen molar-refractivity contribution in [2.24, 2.45) is 5.41 Å². The maximum atomic E-state index is 14.1. The number of halogens is 1. The molecular formula is C22H31FN2O2. The molecule has 1 aromatic rings. The van der Waals surface area contributed by atoms with Crippen LogP contribution >= 0.6 is 0 Å². The highest BCUT2D eigenvalue weighted by Crippen LogP contribution is 2.39. The van der Waals surface area contributed by atoms with E-state index in [0.29, 0.717) is 13.1 Å². The fourth-order valence-electron chi connectivity index (χ4n) is 4.51. The van der Waals surface area contributed by atoms with E-state index in [1.807, 2.05) is 0 Å². The lowest BCUT2D eigenvalue weighted by Gasteiger charge is -2.51. The number of carbonyl (C=O) groups is 1. The highest BCUT2D eigenvalue weighted by molar-refractivity contribution is 5.94. The summed E-state index contributed by atoms with van der Waals surface area (Å²) in [7, 11) is 0. The van der Waals surface area contributed by atoms with Crippen molar-refractivity contribution in [2.45, 2.75) is 45.6 Å². The number of allylic oxidation sites excluding steroid dienone is 1. The first kappa shape index (κ1) is 20.0. The van der Waals surface area contributed by atoms with Crippen LogP contribution in [-0.4, -0.2) is 59.6 Å². The number of amides is 1. The maximum absolute atomic E-state index is 14.1. The lowest BCUT2D eigenvalue weighted by molar-refractivity contribution is -0.0782. The summed E-state index contributed by atoms with van der Waals surface area (Å²) in [6.07, 6.45) is 5.33. The lowest BCUT2D eigenvalue weighted by atomic mass is 9.71. The number of aliphatic hydroxyl groups excluding tert-OH is 1. The Balaban J connectivity index is 1.71. The summed E-state index contributed by atoms with van der Waals surface area (Å²) < 4.78 is 14.1. The molecule has 0 radical (unpaired) electrons. The van der Waals surface area contributed by atoms with Gasteiger partial charge in [-0.15, -0.1) is 0 Å². The van der Waals surface area contributed by atoms with E-state index in [2.05, 4.69) is 24.8 Å². The van der Waals surface area contributed by atoms with Gasteiger partial charge in [0.2, 0.25) is 0 Å². The van der Waals surface area contributed by atoms with Gasteiger partial charge in [-0.3, -0.25) is 4.79 Å². The molecule has 1 amide bonds. The Bertz CT molecular complexity index is 701. The van der Waals surface area contributed by atoms with Crippen LogP contribution in [0.5, 0.6) is 0 Å². The van der Waals surface area contributed by atoms with Crippen molar-refractivity contribution >= 4 is 5.91 Å². The smallest absolute Gasteiger partial charge is 0.256 e. The zero-order valence-corrected chi connectivity index (χ0v) is 16.5. The molecule has 3 rings (SSSR count). The molecule has 2 fully saturated rings.